The van der Waals surface area contributed by atoms with Gasteiger partial charge in [-0.1, -0.05) is 29.3 Å². The molecule has 0 saturated heterocycles. The highest BCUT2D eigenvalue weighted by Crippen LogP contribution is 2.21. The van der Waals surface area contributed by atoms with Crippen LogP contribution in [-0.4, -0.2) is 30.5 Å². The zero-order chi connectivity index (χ0) is 18.0. The van der Waals surface area contributed by atoms with Crippen LogP contribution in [0.1, 0.15) is 24.2 Å². The Hall–Kier alpha value is -2.38. The van der Waals surface area contributed by atoms with Gasteiger partial charge in [0, 0.05) is 21.9 Å². The number of hydrogen-bond acceptors (Lipinski definition) is 4. The van der Waals surface area contributed by atoms with E-state index in [9.17, 15) is 4.79 Å². The lowest BCUT2D eigenvalue weighted by Crippen LogP contribution is -2.25. The Morgan fingerprint density at radius 2 is 2.12 bits per heavy atom. The van der Waals surface area contributed by atoms with E-state index in [-0.39, 0.29) is 11.9 Å². The number of carbonyl (C=O) groups is 1. The molecule has 0 spiro atoms. The van der Waals surface area contributed by atoms with Gasteiger partial charge in [-0.25, -0.2) is 9.67 Å². The van der Waals surface area contributed by atoms with Gasteiger partial charge in [-0.05, 0) is 37.6 Å². The highest BCUT2D eigenvalue weighted by Gasteiger charge is 2.18. The number of amides is 1. The van der Waals surface area contributed by atoms with E-state index < -0.39 is 6.04 Å². The number of rotatable bonds is 5. The Kier molecular flexibility index (Phi) is 5.06. The molecule has 2 heterocycles. The van der Waals surface area contributed by atoms with Gasteiger partial charge < -0.3 is 0 Å². The third-order valence-corrected chi connectivity index (χ3v) is 4.32. The fraction of sp³-hybridized carbons (Fsp3) is 0.250. The van der Waals surface area contributed by atoms with Crippen molar-refractivity contribution in [1.82, 2.24) is 24.5 Å². The number of anilines is 1. The first-order valence-corrected chi connectivity index (χ1v) is 8.34. The summed E-state index contributed by atoms with van der Waals surface area (Å²) in [6, 6.07) is 6.63. The summed E-state index contributed by atoms with van der Waals surface area (Å²) in [5, 5.41) is 12.2. The summed E-state index contributed by atoms with van der Waals surface area (Å²) >= 11 is 12.0. The quantitative estimate of drug-likeness (QED) is 0.738. The summed E-state index contributed by atoms with van der Waals surface area (Å²) in [5.74, 6) is -0.0131. The summed E-state index contributed by atoms with van der Waals surface area (Å²) in [5.41, 5.74) is 1.76. The molecule has 1 atom stereocenters. The highest BCUT2D eigenvalue weighted by molar-refractivity contribution is 6.35. The minimum absolute atomic E-state index is 0.228. The molecule has 0 fully saturated rings. The molecule has 1 aromatic carbocycles. The minimum Gasteiger partial charge on any atom is -0.291 e. The van der Waals surface area contributed by atoms with Crippen LogP contribution >= 0.6 is 23.2 Å². The number of carbonyl (C=O) groups excluding carboxylic acids is 1. The number of nitrogens with zero attached hydrogens (tertiary/aromatic N) is 5. The first kappa shape index (κ1) is 17.4. The second-order valence-electron chi connectivity index (χ2n) is 5.58. The second-order valence-corrected chi connectivity index (χ2v) is 6.43. The standard InChI is InChI=1S/C16H16Cl2N6O/c1-10-5-6-20-24(10)11(2)15(25)21-16-19-9-23(22-16)8-12-3-4-13(17)7-14(12)18/h3-7,9,11H,8H2,1-2H3,(H,21,22,25). The largest absolute Gasteiger partial charge is 0.291 e. The van der Waals surface area contributed by atoms with Crippen LogP contribution in [0.2, 0.25) is 10.0 Å². The molecule has 1 N–H and O–H groups in total. The van der Waals surface area contributed by atoms with E-state index >= 15 is 0 Å². The molecule has 1 unspecified atom stereocenters. The van der Waals surface area contributed by atoms with Crippen molar-refractivity contribution >= 4 is 35.1 Å². The smallest absolute Gasteiger partial charge is 0.251 e. The van der Waals surface area contributed by atoms with Gasteiger partial charge in [-0.2, -0.15) is 5.10 Å². The Balaban J connectivity index is 1.67. The molecule has 0 radical (unpaired) electrons. The van der Waals surface area contributed by atoms with Crippen molar-refractivity contribution in [3.63, 3.8) is 0 Å². The number of hydrogen-bond donors (Lipinski definition) is 1. The minimum atomic E-state index is -0.465. The summed E-state index contributed by atoms with van der Waals surface area (Å²) < 4.78 is 3.23. The highest BCUT2D eigenvalue weighted by atomic mass is 35.5. The molecule has 1 amide bonds. The van der Waals surface area contributed by atoms with E-state index in [1.54, 1.807) is 34.6 Å². The number of benzene rings is 1. The molecule has 25 heavy (non-hydrogen) atoms. The molecular formula is C16H16Cl2N6O. The van der Waals surface area contributed by atoms with E-state index in [1.807, 2.05) is 19.1 Å². The first-order chi connectivity index (χ1) is 11.9. The van der Waals surface area contributed by atoms with Crippen molar-refractivity contribution < 1.29 is 4.79 Å². The number of nitrogens with one attached hydrogen (secondary N) is 1. The number of halogens is 2. The molecule has 9 heteroatoms. The van der Waals surface area contributed by atoms with E-state index in [4.69, 9.17) is 23.2 Å². The number of aromatic nitrogens is 5. The molecule has 0 aliphatic rings. The van der Waals surface area contributed by atoms with Gasteiger partial charge >= 0.3 is 0 Å². The summed E-state index contributed by atoms with van der Waals surface area (Å²) in [6.45, 7) is 4.08. The van der Waals surface area contributed by atoms with E-state index in [0.29, 0.717) is 16.6 Å². The fourth-order valence-corrected chi connectivity index (χ4v) is 2.83. The fourth-order valence-electron chi connectivity index (χ4n) is 2.36. The van der Waals surface area contributed by atoms with Crippen LogP contribution in [0.4, 0.5) is 5.95 Å². The van der Waals surface area contributed by atoms with Gasteiger partial charge in [-0.15, -0.1) is 5.10 Å². The van der Waals surface area contributed by atoms with Crippen molar-refractivity contribution in [1.29, 1.82) is 0 Å². The zero-order valence-electron chi connectivity index (χ0n) is 13.6. The van der Waals surface area contributed by atoms with Crippen molar-refractivity contribution in [3.8, 4) is 0 Å². The van der Waals surface area contributed by atoms with Crippen LogP contribution in [0.5, 0.6) is 0 Å². The lowest BCUT2D eigenvalue weighted by Gasteiger charge is -2.12. The van der Waals surface area contributed by atoms with E-state index in [0.717, 1.165) is 11.3 Å². The lowest BCUT2D eigenvalue weighted by atomic mass is 10.2. The van der Waals surface area contributed by atoms with Gasteiger partial charge in [0.25, 0.3) is 5.91 Å². The Labute approximate surface area is 154 Å². The molecule has 3 aromatic rings. The van der Waals surface area contributed by atoms with Gasteiger partial charge in [0.05, 0.1) is 6.54 Å². The molecule has 7 nitrogen and oxygen atoms in total. The maximum atomic E-state index is 12.3. The molecule has 0 saturated carbocycles. The third-order valence-electron chi connectivity index (χ3n) is 3.73. The Morgan fingerprint density at radius 1 is 1.32 bits per heavy atom. The molecule has 130 valence electrons. The predicted octanol–water partition coefficient (Wildman–Crippen LogP) is 3.34. The summed E-state index contributed by atoms with van der Waals surface area (Å²) in [4.78, 5) is 16.4. The average molecular weight is 379 g/mol. The monoisotopic (exact) mass is 378 g/mol. The van der Waals surface area contributed by atoms with Crippen LogP contribution in [0, 0.1) is 6.92 Å². The van der Waals surface area contributed by atoms with Crippen molar-refractivity contribution in [2.24, 2.45) is 0 Å². The maximum absolute atomic E-state index is 12.3. The molecular weight excluding hydrogens is 363 g/mol. The molecule has 0 bridgehead atoms. The predicted molar refractivity (Wildman–Crippen MR) is 95.9 cm³/mol. The van der Waals surface area contributed by atoms with E-state index in [2.05, 4.69) is 20.5 Å². The van der Waals surface area contributed by atoms with Gasteiger partial charge in [0.1, 0.15) is 12.4 Å². The van der Waals surface area contributed by atoms with Crippen LogP contribution in [0.3, 0.4) is 0 Å². The van der Waals surface area contributed by atoms with Gasteiger partial charge in [-0.3, -0.25) is 14.8 Å². The Morgan fingerprint density at radius 3 is 2.80 bits per heavy atom. The van der Waals surface area contributed by atoms with Gasteiger partial charge in [0.2, 0.25) is 5.95 Å². The first-order valence-electron chi connectivity index (χ1n) is 7.58. The summed E-state index contributed by atoms with van der Waals surface area (Å²) in [6.07, 6.45) is 3.19. The van der Waals surface area contributed by atoms with E-state index in [1.165, 1.54) is 6.33 Å². The van der Waals surface area contributed by atoms with Crippen molar-refractivity contribution in [2.45, 2.75) is 26.4 Å². The second kappa shape index (κ2) is 7.25. The lowest BCUT2D eigenvalue weighted by molar-refractivity contribution is -0.119. The van der Waals surface area contributed by atoms with Crippen LogP contribution < -0.4 is 5.32 Å². The molecule has 3 rings (SSSR count). The molecule has 2 aromatic heterocycles. The zero-order valence-corrected chi connectivity index (χ0v) is 15.2. The van der Waals surface area contributed by atoms with Crippen LogP contribution in [0.25, 0.3) is 0 Å². The Bertz CT molecular complexity index is 904. The van der Waals surface area contributed by atoms with Crippen LogP contribution in [0.15, 0.2) is 36.8 Å². The third kappa shape index (κ3) is 4.00. The van der Waals surface area contributed by atoms with Crippen molar-refractivity contribution in [3.05, 3.63) is 58.1 Å². The number of aryl methyl sites for hydroxylation is 1. The molecule has 0 aliphatic carbocycles. The maximum Gasteiger partial charge on any atom is 0.251 e. The molecule has 0 aliphatic heterocycles. The summed E-state index contributed by atoms with van der Waals surface area (Å²) in [7, 11) is 0. The average Bonchev–Trinajstić information content (AvgIpc) is 3.18. The van der Waals surface area contributed by atoms with Crippen molar-refractivity contribution in [2.75, 3.05) is 5.32 Å². The topological polar surface area (TPSA) is 77.6 Å². The SMILES string of the molecule is Cc1ccnn1C(C)C(=O)Nc1ncn(Cc2ccc(Cl)cc2Cl)n1. The normalized spacial score (nSPS) is 12.2. The van der Waals surface area contributed by atoms with Crippen LogP contribution in [-0.2, 0) is 11.3 Å². The van der Waals surface area contributed by atoms with Gasteiger partial charge in [0.15, 0.2) is 0 Å².